The Hall–Kier alpha value is -1.84. The number of hydrogen-bond acceptors (Lipinski definition) is 4. The topological polar surface area (TPSA) is 75.9 Å². The molecule has 0 bridgehead atoms. The Bertz CT molecular complexity index is 475. The molecule has 4 nitrogen and oxygen atoms in total. The summed E-state index contributed by atoms with van der Waals surface area (Å²) < 4.78 is 5.07. The highest BCUT2D eigenvalue weighted by Gasteiger charge is 1.98. The third-order valence-electron chi connectivity index (χ3n) is 1.55. The van der Waals surface area contributed by atoms with E-state index in [0.717, 1.165) is 0 Å². The quantitative estimate of drug-likeness (QED) is 0.602. The van der Waals surface area contributed by atoms with Gasteiger partial charge in [0.05, 0.1) is 0 Å². The molecule has 0 unspecified atom stereocenters. The number of anilines is 1. The first kappa shape index (κ1) is 6.84. The van der Waals surface area contributed by atoms with Gasteiger partial charge in [-0.3, -0.25) is 5.41 Å². The molecular weight excluding hydrogens is 154 g/mol. The van der Waals surface area contributed by atoms with Crippen LogP contribution in [0.15, 0.2) is 28.7 Å². The second kappa shape index (κ2) is 2.34. The van der Waals surface area contributed by atoms with Crippen molar-refractivity contribution < 1.29 is 4.42 Å². The number of aromatic nitrogens is 1. The van der Waals surface area contributed by atoms with Crippen LogP contribution < -0.4 is 11.3 Å². The Morgan fingerprint density at radius 3 is 2.92 bits per heavy atom. The van der Waals surface area contributed by atoms with Gasteiger partial charge in [0.2, 0.25) is 0 Å². The van der Waals surface area contributed by atoms with E-state index in [1.165, 1.54) is 0 Å². The molecule has 0 radical (unpaired) electrons. The van der Waals surface area contributed by atoms with Gasteiger partial charge in [-0.25, -0.2) is 4.98 Å². The molecule has 0 aliphatic rings. The van der Waals surface area contributed by atoms with E-state index >= 15 is 0 Å². The van der Waals surface area contributed by atoms with E-state index in [4.69, 9.17) is 15.6 Å². The predicted molar refractivity (Wildman–Crippen MR) is 44.3 cm³/mol. The molecule has 0 amide bonds. The molecule has 2 aromatic rings. The maximum absolute atomic E-state index is 7.25. The average Bonchev–Trinajstić information content (AvgIpc) is 2.07. The van der Waals surface area contributed by atoms with Gasteiger partial charge in [-0.2, -0.15) is 0 Å². The summed E-state index contributed by atoms with van der Waals surface area (Å²) in [6.45, 7) is 0. The summed E-state index contributed by atoms with van der Waals surface area (Å²) >= 11 is 0. The van der Waals surface area contributed by atoms with Gasteiger partial charge in [0, 0.05) is 0 Å². The maximum Gasteiger partial charge on any atom is 0.255 e. The average molecular weight is 161 g/mol. The summed E-state index contributed by atoms with van der Waals surface area (Å²) in [4.78, 5) is 3.97. The van der Waals surface area contributed by atoms with Crippen LogP contribution in [-0.4, -0.2) is 4.98 Å². The number of rotatable bonds is 0. The Morgan fingerprint density at radius 1 is 1.33 bits per heavy atom. The van der Waals surface area contributed by atoms with Crippen molar-refractivity contribution in [3.05, 3.63) is 29.8 Å². The molecule has 12 heavy (non-hydrogen) atoms. The smallest absolute Gasteiger partial charge is 0.255 e. The molecular formula is C8H7N3O. The number of hydrogen-bond donors (Lipinski definition) is 2. The SMILES string of the molecule is N=c1oc2ccccc2nc1N. The minimum Gasteiger partial charge on any atom is -0.434 e. The summed E-state index contributed by atoms with van der Waals surface area (Å²) in [6, 6.07) is 7.20. The van der Waals surface area contributed by atoms with Gasteiger partial charge in [0.15, 0.2) is 11.4 Å². The van der Waals surface area contributed by atoms with Gasteiger partial charge in [0.25, 0.3) is 5.55 Å². The molecule has 1 heterocycles. The highest BCUT2D eigenvalue weighted by molar-refractivity contribution is 5.72. The fourth-order valence-corrected chi connectivity index (χ4v) is 0.979. The van der Waals surface area contributed by atoms with Crippen molar-refractivity contribution >= 4 is 16.9 Å². The fourth-order valence-electron chi connectivity index (χ4n) is 0.979. The van der Waals surface area contributed by atoms with Crippen LogP contribution in [-0.2, 0) is 0 Å². The second-order valence-electron chi connectivity index (χ2n) is 2.40. The van der Waals surface area contributed by atoms with Gasteiger partial charge in [0.1, 0.15) is 5.52 Å². The van der Waals surface area contributed by atoms with Crippen molar-refractivity contribution in [2.45, 2.75) is 0 Å². The normalized spacial score (nSPS) is 10.3. The largest absolute Gasteiger partial charge is 0.434 e. The van der Waals surface area contributed by atoms with E-state index in [1.54, 1.807) is 12.1 Å². The van der Waals surface area contributed by atoms with Crippen molar-refractivity contribution in [2.75, 3.05) is 5.73 Å². The lowest BCUT2D eigenvalue weighted by molar-refractivity contribution is 0.531. The third-order valence-corrected chi connectivity index (χ3v) is 1.55. The molecule has 0 spiro atoms. The number of para-hydroxylation sites is 2. The standard InChI is InChI=1S/C8H7N3O/c9-7-8(10)12-6-4-2-1-3-5(6)11-7/h1-4,10H,(H2,9,11). The number of nitrogen functional groups attached to an aromatic ring is 1. The van der Waals surface area contributed by atoms with E-state index in [-0.39, 0.29) is 11.4 Å². The lowest BCUT2D eigenvalue weighted by Gasteiger charge is -1.96. The number of nitrogens with one attached hydrogen (secondary N) is 1. The van der Waals surface area contributed by atoms with Crippen molar-refractivity contribution in [1.29, 1.82) is 5.41 Å². The Balaban J connectivity index is 2.93. The zero-order chi connectivity index (χ0) is 8.55. The summed E-state index contributed by atoms with van der Waals surface area (Å²) in [5.74, 6) is 0.119. The van der Waals surface area contributed by atoms with Crippen LogP contribution in [0.2, 0.25) is 0 Å². The van der Waals surface area contributed by atoms with Gasteiger partial charge in [-0.15, -0.1) is 0 Å². The molecule has 0 aliphatic heterocycles. The number of benzene rings is 1. The van der Waals surface area contributed by atoms with Crippen molar-refractivity contribution in [1.82, 2.24) is 4.98 Å². The molecule has 60 valence electrons. The van der Waals surface area contributed by atoms with E-state index in [2.05, 4.69) is 4.98 Å². The molecule has 0 fully saturated rings. The van der Waals surface area contributed by atoms with Gasteiger partial charge < -0.3 is 10.2 Å². The van der Waals surface area contributed by atoms with Crippen LogP contribution in [0.4, 0.5) is 5.82 Å². The molecule has 4 heteroatoms. The molecule has 0 saturated carbocycles. The lowest BCUT2D eigenvalue weighted by atomic mass is 10.3. The molecule has 1 aromatic heterocycles. The van der Waals surface area contributed by atoms with Crippen LogP contribution in [0.25, 0.3) is 11.1 Å². The first-order valence-corrected chi connectivity index (χ1v) is 3.47. The fraction of sp³-hybridized carbons (Fsp3) is 0. The number of nitrogens with two attached hydrogens (primary N) is 1. The zero-order valence-electron chi connectivity index (χ0n) is 6.24. The van der Waals surface area contributed by atoms with E-state index < -0.39 is 0 Å². The number of fused-ring (bicyclic) bond motifs is 1. The van der Waals surface area contributed by atoms with Crippen LogP contribution >= 0.6 is 0 Å². The first-order chi connectivity index (χ1) is 5.77. The molecule has 1 aromatic carbocycles. The van der Waals surface area contributed by atoms with E-state index in [0.29, 0.717) is 11.1 Å². The van der Waals surface area contributed by atoms with Gasteiger partial charge in [-0.1, -0.05) is 12.1 Å². The third kappa shape index (κ3) is 0.934. The summed E-state index contributed by atoms with van der Waals surface area (Å²) in [5, 5.41) is 7.25. The minimum absolute atomic E-state index is 0.0892. The monoisotopic (exact) mass is 161 g/mol. The second-order valence-corrected chi connectivity index (χ2v) is 2.40. The predicted octanol–water partition coefficient (Wildman–Crippen LogP) is 0.889. The Kier molecular flexibility index (Phi) is 1.33. The maximum atomic E-state index is 7.25. The summed E-state index contributed by atoms with van der Waals surface area (Å²) in [6.07, 6.45) is 0. The molecule has 0 saturated heterocycles. The molecule has 3 N–H and O–H groups in total. The highest BCUT2D eigenvalue weighted by Crippen LogP contribution is 2.08. The molecule has 0 atom stereocenters. The minimum atomic E-state index is -0.0892. The lowest BCUT2D eigenvalue weighted by Crippen LogP contribution is -2.08. The van der Waals surface area contributed by atoms with Gasteiger partial charge in [-0.05, 0) is 12.1 Å². The first-order valence-electron chi connectivity index (χ1n) is 3.47. The van der Waals surface area contributed by atoms with Crippen LogP contribution in [0, 0.1) is 5.41 Å². The van der Waals surface area contributed by atoms with Crippen LogP contribution in [0.5, 0.6) is 0 Å². The van der Waals surface area contributed by atoms with Crippen LogP contribution in [0.1, 0.15) is 0 Å². The van der Waals surface area contributed by atoms with Crippen molar-refractivity contribution in [2.24, 2.45) is 0 Å². The molecule has 0 aliphatic carbocycles. The van der Waals surface area contributed by atoms with Crippen molar-refractivity contribution in [3.8, 4) is 0 Å². The highest BCUT2D eigenvalue weighted by atomic mass is 16.3. The molecule has 2 rings (SSSR count). The Labute approximate surface area is 68.2 Å². The van der Waals surface area contributed by atoms with E-state index in [9.17, 15) is 0 Å². The Morgan fingerprint density at radius 2 is 2.08 bits per heavy atom. The van der Waals surface area contributed by atoms with E-state index in [1.807, 2.05) is 12.1 Å². The van der Waals surface area contributed by atoms with Crippen LogP contribution in [0.3, 0.4) is 0 Å². The summed E-state index contributed by atoms with van der Waals surface area (Å²) in [5.41, 5.74) is 6.56. The van der Waals surface area contributed by atoms with Crippen molar-refractivity contribution in [3.63, 3.8) is 0 Å². The summed E-state index contributed by atoms with van der Waals surface area (Å²) in [7, 11) is 0. The number of nitrogens with zero attached hydrogens (tertiary/aromatic N) is 1. The zero-order valence-corrected chi connectivity index (χ0v) is 6.24. The van der Waals surface area contributed by atoms with Gasteiger partial charge >= 0.3 is 0 Å².